The van der Waals surface area contributed by atoms with Gasteiger partial charge in [0.1, 0.15) is 0 Å². The number of hydrogen-bond acceptors (Lipinski definition) is 5. The summed E-state index contributed by atoms with van der Waals surface area (Å²) in [7, 11) is 0. The smallest absolute Gasteiger partial charge is 0.234 e. The Kier molecular flexibility index (Phi) is 2.73. The summed E-state index contributed by atoms with van der Waals surface area (Å²) in [5, 5.41) is 0. The van der Waals surface area contributed by atoms with Crippen LogP contribution in [0.25, 0.3) is 0 Å². The van der Waals surface area contributed by atoms with Crippen LogP contribution in [0.5, 0.6) is 5.88 Å². The Labute approximate surface area is 89.3 Å². The largest absolute Gasteiger partial charge is 0.474 e. The van der Waals surface area contributed by atoms with Crippen LogP contribution in [-0.4, -0.2) is 35.2 Å². The van der Waals surface area contributed by atoms with Gasteiger partial charge in [0.15, 0.2) is 5.82 Å². The first kappa shape index (κ1) is 10.2. The van der Waals surface area contributed by atoms with E-state index < -0.39 is 0 Å². The molecule has 0 amide bonds. The molecule has 82 valence electrons. The van der Waals surface area contributed by atoms with Gasteiger partial charge in [-0.3, -0.25) is 4.98 Å². The minimum Gasteiger partial charge on any atom is -0.474 e. The molecule has 2 N–H and O–H groups in total. The van der Waals surface area contributed by atoms with Gasteiger partial charge in [0.25, 0.3) is 0 Å². The second-order valence-corrected chi connectivity index (χ2v) is 4.05. The van der Waals surface area contributed by atoms with Gasteiger partial charge in [0, 0.05) is 19.1 Å². The molecule has 0 saturated carbocycles. The number of aromatic nitrogens is 2. The molecule has 0 aromatic carbocycles. The number of nitrogens with two attached hydrogens (primary N) is 1. The number of hydrogen-bond donors (Lipinski definition) is 1. The summed E-state index contributed by atoms with van der Waals surface area (Å²) in [5.41, 5.74) is 5.70. The minimum atomic E-state index is 0.119. The van der Waals surface area contributed by atoms with Gasteiger partial charge in [-0.1, -0.05) is 0 Å². The summed E-state index contributed by atoms with van der Waals surface area (Å²) >= 11 is 0. The number of ether oxygens (including phenoxy) is 1. The lowest BCUT2D eigenvalue weighted by Crippen LogP contribution is -2.56. The summed E-state index contributed by atoms with van der Waals surface area (Å²) < 4.78 is 5.47. The standard InChI is InChI=1S/C10H16N4O/c1-7(2)15-10-4-12-3-9(13-10)14-5-8(11)6-14/h3-4,7-8H,5-6,11H2,1-2H3. The summed E-state index contributed by atoms with van der Waals surface area (Å²) in [4.78, 5) is 10.5. The van der Waals surface area contributed by atoms with Crippen LogP contribution in [0.15, 0.2) is 12.4 Å². The van der Waals surface area contributed by atoms with E-state index in [1.54, 1.807) is 12.4 Å². The maximum atomic E-state index is 5.70. The molecule has 2 rings (SSSR count). The first-order valence-corrected chi connectivity index (χ1v) is 5.14. The van der Waals surface area contributed by atoms with Gasteiger partial charge < -0.3 is 15.4 Å². The van der Waals surface area contributed by atoms with Crippen molar-refractivity contribution in [2.75, 3.05) is 18.0 Å². The van der Waals surface area contributed by atoms with E-state index in [9.17, 15) is 0 Å². The Hall–Kier alpha value is -1.36. The van der Waals surface area contributed by atoms with Crippen molar-refractivity contribution >= 4 is 5.82 Å². The molecular formula is C10H16N4O. The second-order valence-electron chi connectivity index (χ2n) is 4.05. The zero-order valence-electron chi connectivity index (χ0n) is 9.05. The predicted octanol–water partition coefficient (Wildman–Crippen LogP) is 0.411. The van der Waals surface area contributed by atoms with Crippen molar-refractivity contribution < 1.29 is 4.74 Å². The second kappa shape index (κ2) is 4.02. The molecule has 0 radical (unpaired) electrons. The maximum Gasteiger partial charge on any atom is 0.234 e. The molecule has 15 heavy (non-hydrogen) atoms. The van der Waals surface area contributed by atoms with Crippen LogP contribution >= 0.6 is 0 Å². The van der Waals surface area contributed by atoms with E-state index in [1.807, 2.05) is 13.8 Å². The third kappa shape index (κ3) is 2.36. The molecule has 1 aromatic heterocycles. The van der Waals surface area contributed by atoms with Gasteiger partial charge in [0.05, 0.1) is 18.5 Å². The Morgan fingerprint density at radius 1 is 1.47 bits per heavy atom. The third-order valence-corrected chi connectivity index (χ3v) is 2.19. The molecule has 0 aliphatic carbocycles. The van der Waals surface area contributed by atoms with Crippen molar-refractivity contribution in [3.05, 3.63) is 12.4 Å². The maximum absolute atomic E-state index is 5.70. The molecule has 1 aliphatic rings. The monoisotopic (exact) mass is 208 g/mol. The highest BCUT2D eigenvalue weighted by Crippen LogP contribution is 2.19. The van der Waals surface area contributed by atoms with Gasteiger partial charge in [-0.2, -0.15) is 4.98 Å². The Morgan fingerprint density at radius 3 is 2.80 bits per heavy atom. The van der Waals surface area contributed by atoms with Crippen molar-refractivity contribution in [3.63, 3.8) is 0 Å². The summed E-state index contributed by atoms with van der Waals surface area (Å²) in [5.74, 6) is 1.41. The van der Waals surface area contributed by atoms with E-state index in [2.05, 4.69) is 14.9 Å². The predicted molar refractivity (Wildman–Crippen MR) is 58.0 cm³/mol. The number of nitrogens with zero attached hydrogens (tertiary/aromatic N) is 3. The third-order valence-electron chi connectivity index (χ3n) is 2.19. The molecule has 5 heteroatoms. The summed E-state index contributed by atoms with van der Waals surface area (Å²) in [6, 6.07) is 0.265. The van der Waals surface area contributed by atoms with Gasteiger partial charge in [-0.05, 0) is 13.8 Å². The van der Waals surface area contributed by atoms with Crippen LogP contribution in [0.4, 0.5) is 5.82 Å². The lowest BCUT2D eigenvalue weighted by Gasteiger charge is -2.37. The molecular weight excluding hydrogens is 192 g/mol. The zero-order valence-corrected chi connectivity index (χ0v) is 9.05. The van der Waals surface area contributed by atoms with Gasteiger partial charge >= 0.3 is 0 Å². The molecule has 1 saturated heterocycles. The van der Waals surface area contributed by atoms with Crippen molar-refractivity contribution in [1.29, 1.82) is 0 Å². The average molecular weight is 208 g/mol. The quantitative estimate of drug-likeness (QED) is 0.779. The number of anilines is 1. The molecule has 2 heterocycles. The van der Waals surface area contributed by atoms with E-state index in [4.69, 9.17) is 10.5 Å². The normalized spacial score (nSPS) is 16.7. The summed E-state index contributed by atoms with van der Waals surface area (Å²) in [6.07, 6.45) is 3.48. The first-order valence-electron chi connectivity index (χ1n) is 5.14. The van der Waals surface area contributed by atoms with Crippen LogP contribution in [0, 0.1) is 0 Å². The molecule has 0 spiro atoms. The van der Waals surface area contributed by atoms with Crippen LogP contribution in [0.2, 0.25) is 0 Å². The fraction of sp³-hybridized carbons (Fsp3) is 0.600. The average Bonchev–Trinajstić information content (AvgIpc) is 2.12. The lowest BCUT2D eigenvalue weighted by molar-refractivity contribution is 0.231. The lowest BCUT2D eigenvalue weighted by atomic mass is 10.1. The van der Waals surface area contributed by atoms with E-state index in [-0.39, 0.29) is 12.1 Å². The molecule has 1 fully saturated rings. The van der Waals surface area contributed by atoms with E-state index in [1.165, 1.54) is 0 Å². The van der Waals surface area contributed by atoms with Crippen LogP contribution in [0.1, 0.15) is 13.8 Å². The Bertz CT molecular complexity index is 336. The Morgan fingerprint density at radius 2 is 2.20 bits per heavy atom. The zero-order chi connectivity index (χ0) is 10.8. The van der Waals surface area contributed by atoms with E-state index >= 15 is 0 Å². The SMILES string of the molecule is CC(C)Oc1cncc(N2CC(N)C2)n1. The van der Waals surface area contributed by atoms with Crippen LogP contribution < -0.4 is 15.4 Å². The highest BCUT2D eigenvalue weighted by molar-refractivity contribution is 5.41. The molecule has 0 unspecified atom stereocenters. The van der Waals surface area contributed by atoms with E-state index in [0.717, 1.165) is 18.9 Å². The molecule has 5 nitrogen and oxygen atoms in total. The van der Waals surface area contributed by atoms with Crippen molar-refractivity contribution in [3.8, 4) is 5.88 Å². The Balaban J connectivity index is 2.06. The highest BCUT2D eigenvalue weighted by Gasteiger charge is 2.24. The minimum absolute atomic E-state index is 0.119. The molecule has 0 atom stereocenters. The van der Waals surface area contributed by atoms with E-state index in [0.29, 0.717) is 5.88 Å². The van der Waals surface area contributed by atoms with Crippen molar-refractivity contribution in [2.24, 2.45) is 5.73 Å². The van der Waals surface area contributed by atoms with Gasteiger partial charge in [-0.15, -0.1) is 0 Å². The fourth-order valence-corrected chi connectivity index (χ4v) is 1.49. The fourth-order valence-electron chi connectivity index (χ4n) is 1.49. The van der Waals surface area contributed by atoms with Gasteiger partial charge in [0.2, 0.25) is 5.88 Å². The first-order chi connectivity index (χ1) is 7.15. The molecule has 0 bridgehead atoms. The topological polar surface area (TPSA) is 64.3 Å². The number of rotatable bonds is 3. The highest BCUT2D eigenvalue weighted by atomic mass is 16.5. The van der Waals surface area contributed by atoms with Gasteiger partial charge in [-0.25, -0.2) is 0 Å². The van der Waals surface area contributed by atoms with Crippen molar-refractivity contribution in [2.45, 2.75) is 26.0 Å². The van der Waals surface area contributed by atoms with Crippen molar-refractivity contribution in [1.82, 2.24) is 9.97 Å². The van der Waals surface area contributed by atoms with Crippen LogP contribution in [0.3, 0.4) is 0 Å². The summed E-state index contributed by atoms with van der Waals surface area (Å²) in [6.45, 7) is 5.63. The van der Waals surface area contributed by atoms with Crippen LogP contribution in [-0.2, 0) is 0 Å². The molecule has 1 aliphatic heterocycles. The molecule has 1 aromatic rings.